The van der Waals surface area contributed by atoms with Gasteiger partial charge in [-0.1, -0.05) is 37.3 Å². The monoisotopic (exact) mass is 209 g/mol. The molecule has 0 atom stereocenters. The molecule has 4 heteroatoms. The van der Waals surface area contributed by atoms with Crippen LogP contribution in [0.3, 0.4) is 0 Å². The first-order chi connectivity index (χ1) is 7.34. The number of rotatable bonds is 2. The van der Waals surface area contributed by atoms with E-state index in [-0.39, 0.29) is 0 Å². The van der Waals surface area contributed by atoms with Crippen LogP contribution in [0.15, 0.2) is 4.52 Å². The maximum atomic E-state index is 5.07. The molecule has 1 aromatic rings. The molecule has 84 valence electrons. The fourth-order valence-corrected chi connectivity index (χ4v) is 2.13. The number of aryl methyl sites for hydroxylation is 1. The van der Waals surface area contributed by atoms with E-state index in [1.54, 1.807) is 0 Å². The van der Waals surface area contributed by atoms with Crippen LogP contribution >= 0.6 is 0 Å². The Morgan fingerprint density at radius 1 is 1.13 bits per heavy atom. The van der Waals surface area contributed by atoms with Gasteiger partial charge in [0, 0.05) is 6.04 Å². The molecule has 0 spiro atoms. The molecular formula is C11H19N3O. The lowest BCUT2D eigenvalue weighted by atomic mass is 9.97. The third kappa shape index (κ3) is 3.22. The van der Waals surface area contributed by atoms with E-state index in [4.69, 9.17) is 4.52 Å². The van der Waals surface area contributed by atoms with Crippen LogP contribution in [0.4, 0.5) is 6.01 Å². The number of aromatic nitrogens is 2. The molecule has 0 unspecified atom stereocenters. The van der Waals surface area contributed by atoms with Crippen molar-refractivity contribution in [3.05, 3.63) is 5.82 Å². The van der Waals surface area contributed by atoms with Crippen molar-refractivity contribution in [2.45, 2.75) is 57.9 Å². The van der Waals surface area contributed by atoms with Gasteiger partial charge in [-0.3, -0.25) is 0 Å². The maximum Gasteiger partial charge on any atom is 0.321 e. The summed E-state index contributed by atoms with van der Waals surface area (Å²) >= 11 is 0. The molecule has 1 aromatic heterocycles. The second-order valence-electron chi connectivity index (χ2n) is 4.33. The van der Waals surface area contributed by atoms with Crippen molar-refractivity contribution >= 4 is 6.01 Å². The molecule has 1 aliphatic carbocycles. The third-order valence-corrected chi connectivity index (χ3v) is 2.96. The topological polar surface area (TPSA) is 51.0 Å². The summed E-state index contributed by atoms with van der Waals surface area (Å²) in [7, 11) is 0. The smallest absolute Gasteiger partial charge is 0.321 e. The van der Waals surface area contributed by atoms with E-state index in [9.17, 15) is 0 Å². The lowest BCUT2D eigenvalue weighted by molar-refractivity contribution is 0.408. The van der Waals surface area contributed by atoms with Gasteiger partial charge in [0.1, 0.15) is 0 Å². The van der Waals surface area contributed by atoms with E-state index in [1.807, 2.05) is 6.92 Å². The summed E-state index contributed by atoms with van der Waals surface area (Å²) in [4.78, 5) is 4.17. The second-order valence-corrected chi connectivity index (χ2v) is 4.33. The van der Waals surface area contributed by atoms with Gasteiger partial charge in [-0.15, -0.1) is 0 Å². The minimum Gasteiger partial charge on any atom is -0.335 e. The van der Waals surface area contributed by atoms with Crippen molar-refractivity contribution in [1.29, 1.82) is 0 Å². The maximum absolute atomic E-state index is 5.07. The molecule has 15 heavy (non-hydrogen) atoms. The molecule has 1 heterocycles. The highest BCUT2D eigenvalue weighted by Crippen LogP contribution is 2.19. The molecule has 0 bridgehead atoms. The van der Waals surface area contributed by atoms with Crippen LogP contribution in [0, 0.1) is 6.92 Å². The Morgan fingerprint density at radius 3 is 2.40 bits per heavy atom. The van der Waals surface area contributed by atoms with Crippen LogP contribution in [0.5, 0.6) is 0 Å². The highest BCUT2D eigenvalue weighted by Gasteiger charge is 2.13. The Kier molecular flexibility index (Phi) is 3.59. The fraction of sp³-hybridized carbons (Fsp3) is 0.818. The Bertz CT molecular complexity index is 290. The van der Waals surface area contributed by atoms with Gasteiger partial charge < -0.3 is 9.84 Å². The Balaban J connectivity index is 1.86. The van der Waals surface area contributed by atoms with Crippen molar-refractivity contribution < 1.29 is 4.52 Å². The lowest BCUT2D eigenvalue weighted by Gasteiger charge is -2.19. The Hall–Kier alpha value is -1.06. The van der Waals surface area contributed by atoms with Crippen LogP contribution in [0.2, 0.25) is 0 Å². The van der Waals surface area contributed by atoms with E-state index >= 15 is 0 Å². The van der Waals surface area contributed by atoms with E-state index in [0.717, 1.165) is 0 Å². The van der Waals surface area contributed by atoms with Gasteiger partial charge in [0.15, 0.2) is 5.82 Å². The summed E-state index contributed by atoms with van der Waals surface area (Å²) in [6.07, 6.45) is 9.19. The van der Waals surface area contributed by atoms with Gasteiger partial charge in [0.2, 0.25) is 0 Å². The van der Waals surface area contributed by atoms with Crippen LogP contribution in [0.1, 0.15) is 50.8 Å². The van der Waals surface area contributed by atoms with Gasteiger partial charge >= 0.3 is 6.01 Å². The van der Waals surface area contributed by atoms with E-state index in [0.29, 0.717) is 17.9 Å². The van der Waals surface area contributed by atoms with Gasteiger partial charge in [-0.25, -0.2) is 0 Å². The molecule has 4 nitrogen and oxygen atoms in total. The molecule has 1 N–H and O–H groups in total. The fourth-order valence-electron chi connectivity index (χ4n) is 2.13. The first kappa shape index (κ1) is 10.5. The molecule has 1 aliphatic rings. The zero-order valence-corrected chi connectivity index (χ0v) is 9.33. The van der Waals surface area contributed by atoms with Crippen molar-refractivity contribution in [2.75, 3.05) is 5.32 Å². The molecule has 1 fully saturated rings. The van der Waals surface area contributed by atoms with Crippen LogP contribution in [-0.4, -0.2) is 16.2 Å². The molecule has 0 saturated heterocycles. The summed E-state index contributed by atoms with van der Waals surface area (Å²) in [6, 6.07) is 1.10. The van der Waals surface area contributed by atoms with Crippen LogP contribution < -0.4 is 5.32 Å². The van der Waals surface area contributed by atoms with E-state index in [2.05, 4.69) is 15.5 Å². The van der Waals surface area contributed by atoms with Crippen molar-refractivity contribution in [3.63, 3.8) is 0 Å². The van der Waals surface area contributed by atoms with Crippen molar-refractivity contribution in [2.24, 2.45) is 0 Å². The molecule has 0 aliphatic heterocycles. The lowest BCUT2D eigenvalue weighted by Crippen LogP contribution is -2.20. The summed E-state index contributed by atoms with van der Waals surface area (Å²) in [5.74, 6) is 0.698. The standard InChI is InChI=1S/C11H19N3O/c1-9-12-11(15-14-9)13-10-7-5-3-2-4-6-8-10/h10H,2-8H2,1H3,(H,12,13,14). The van der Waals surface area contributed by atoms with Crippen molar-refractivity contribution in [1.82, 2.24) is 10.1 Å². The number of hydrogen-bond acceptors (Lipinski definition) is 4. The molecule has 2 rings (SSSR count). The first-order valence-electron chi connectivity index (χ1n) is 5.91. The average molecular weight is 209 g/mol. The molecule has 0 amide bonds. The SMILES string of the molecule is Cc1noc(NC2CCCCCCC2)n1. The summed E-state index contributed by atoms with van der Waals surface area (Å²) in [6.45, 7) is 1.84. The van der Waals surface area contributed by atoms with Crippen LogP contribution in [-0.2, 0) is 0 Å². The average Bonchev–Trinajstić information content (AvgIpc) is 2.56. The minimum atomic E-state index is 0.519. The third-order valence-electron chi connectivity index (χ3n) is 2.96. The van der Waals surface area contributed by atoms with E-state index in [1.165, 1.54) is 44.9 Å². The second kappa shape index (κ2) is 5.14. The largest absolute Gasteiger partial charge is 0.335 e. The van der Waals surface area contributed by atoms with Gasteiger partial charge in [-0.05, 0) is 19.8 Å². The summed E-state index contributed by atoms with van der Waals surface area (Å²) in [5, 5.41) is 7.10. The van der Waals surface area contributed by atoms with E-state index < -0.39 is 0 Å². The first-order valence-corrected chi connectivity index (χ1v) is 5.91. The van der Waals surface area contributed by atoms with Gasteiger partial charge in [0.05, 0.1) is 0 Å². The van der Waals surface area contributed by atoms with Gasteiger partial charge in [-0.2, -0.15) is 4.98 Å². The number of nitrogens with one attached hydrogen (secondary N) is 1. The zero-order chi connectivity index (χ0) is 10.5. The predicted molar refractivity (Wildman–Crippen MR) is 58.8 cm³/mol. The molecular weight excluding hydrogens is 190 g/mol. The quantitative estimate of drug-likeness (QED) is 0.813. The summed E-state index contributed by atoms with van der Waals surface area (Å²) in [5.41, 5.74) is 0. The number of anilines is 1. The summed E-state index contributed by atoms with van der Waals surface area (Å²) < 4.78 is 5.07. The predicted octanol–water partition coefficient (Wildman–Crippen LogP) is 2.90. The number of nitrogens with zero attached hydrogens (tertiary/aromatic N) is 2. The molecule has 1 saturated carbocycles. The highest BCUT2D eigenvalue weighted by atomic mass is 16.5. The van der Waals surface area contributed by atoms with Crippen molar-refractivity contribution in [3.8, 4) is 0 Å². The zero-order valence-electron chi connectivity index (χ0n) is 9.33. The highest BCUT2D eigenvalue weighted by molar-refractivity contribution is 5.20. The Morgan fingerprint density at radius 2 is 1.80 bits per heavy atom. The van der Waals surface area contributed by atoms with Crippen LogP contribution in [0.25, 0.3) is 0 Å². The number of hydrogen-bond donors (Lipinski definition) is 1. The molecule has 0 aromatic carbocycles. The normalized spacial score (nSPS) is 19.5. The molecule has 0 radical (unpaired) electrons. The minimum absolute atomic E-state index is 0.519. The Labute approximate surface area is 90.4 Å². The van der Waals surface area contributed by atoms with Gasteiger partial charge in [0.25, 0.3) is 0 Å².